The molecule has 0 spiro atoms. The third-order valence-corrected chi connectivity index (χ3v) is 2.94. The Morgan fingerprint density at radius 3 is 2.65 bits per heavy atom. The van der Waals surface area contributed by atoms with Gasteiger partial charge in [-0.1, -0.05) is 36.0 Å². The minimum absolute atomic E-state index is 0.180. The van der Waals surface area contributed by atoms with E-state index in [0.717, 1.165) is 23.5 Å². The summed E-state index contributed by atoms with van der Waals surface area (Å²) in [6, 6.07) is 7.99. The van der Waals surface area contributed by atoms with E-state index in [9.17, 15) is 4.79 Å². The molecule has 0 heterocycles. The van der Waals surface area contributed by atoms with Crippen molar-refractivity contribution in [3.8, 4) is 5.75 Å². The van der Waals surface area contributed by atoms with E-state index in [2.05, 4.69) is 12.2 Å². The van der Waals surface area contributed by atoms with E-state index in [4.69, 9.17) is 4.74 Å². The molecular weight excluding hydrogens is 232 g/mol. The molecule has 0 aliphatic carbocycles. The molecule has 1 aromatic carbocycles. The van der Waals surface area contributed by atoms with E-state index in [-0.39, 0.29) is 5.12 Å². The molecule has 0 aliphatic heterocycles. The van der Waals surface area contributed by atoms with Gasteiger partial charge in [-0.2, -0.15) is 0 Å². The van der Waals surface area contributed by atoms with Crippen molar-refractivity contribution in [3.63, 3.8) is 0 Å². The molecule has 0 saturated heterocycles. The lowest BCUT2D eigenvalue weighted by Crippen LogP contribution is -1.90. The Morgan fingerprint density at radius 2 is 2.06 bits per heavy atom. The number of thioether (sulfide) groups is 1. The highest BCUT2D eigenvalue weighted by molar-refractivity contribution is 8.13. The molecule has 0 atom stereocenters. The number of allylic oxidation sites excluding steroid dienone is 1. The number of benzene rings is 1. The molecule has 0 unspecified atom stereocenters. The van der Waals surface area contributed by atoms with E-state index in [1.807, 2.05) is 31.2 Å². The van der Waals surface area contributed by atoms with Crippen LogP contribution in [0.2, 0.25) is 0 Å². The molecule has 0 fully saturated rings. The average molecular weight is 250 g/mol. The van der Waals surface area contributed by atoms with Crippen LogP contribution >= 0.6 is 11.8 Å². The van der Waals surface area contributed by atoms with E-state index in [1.165, 1.54) is 11.8 Å². The predicted molar refractivity (Wildman–Crippen MR) is 74.4 cm³/mol. The first-order chi connectivity index (χ1) is 8.22. The summed E-state index contributed by atoms with van der Waals surface area (Å²) >= 11 is 1.37. The van der Waals surface area contributed by atoms with E-state index < -0.39 is 0 Å². The summed E-state index contributed by atoms with van der Waals surface area (Å²) in [5.74, 6) is 1.75. The van der Waals surface area contributed by atoms with Crippen LogP contribution in [0.1, 0.15) is 25.8 Å². The number of hydrogen-bond donors (Lipinski definition) is 0. The molecule has 0 bridgehead atoms. The minimum Gasteiger partial charge on any atom is -0.494 e. The molecule has 17 heavy (non-hydrogen) atoms. The first kappa shape index (κ1) is 13.8. The van der Waals surface area contributed by atoms with Gasteiger partial charge >= 0.3 is 0 Å². The van der Waals surface area contributed by atoms with E-state index >= 15 is 0 Å². The maximum atomic E-state index is 10.7. The predicted octanol–water partition coefficient (Wildman–Crippen LogP) is 3.77. The van der Waals surface area contributed by atoms with Gasteiger partial charge in [0.25, 0.3) is 0 Å². The highest BCUT2D eigenvalue weighted by Gasteiger charge is 1.92. The monoisotopic (exact) mass is 250 g/mol. The fraction of sp³-hybridized carbons (Fsp3) is 0.357. The Kier molecular flexibility index (Phi) is 6.48. The molecule has 0 amide bonds. The molecule has 2 nitrogen and oxygen atoms in total. The van der Waals surface area contributed by atoms with Crippen molar-refractivity contribution in [1.29, 1.82) is 0 Å². The molecule has 0 saturated carbocycles. The summed E-state index contributed by atoms with van der Waals surface area (Å²) < 4.78 is 5.37. The lowest BCUT2D eigenvalue weighted by molar-refractivity contribution is -0.109. The Morgan fingerprint density at radius 1 is 1.35 bits per heavy atom. The summed E-state index contributed by atoms with van der Waals surface area (Å²) in [5.41, 5.74) is 1.15. The zero-order valence-corrected chi connectivity index (χ0v) is 11.1. The van der Waals surface area contributed by atoms with Gasteiger partial charge in [0, 0.05) is 12.7 Å². The fourth-order valence-corrected chi connectivity index (χ4v) is 1.87. The van der Waals surface area contributed by atoms with E-state index in [0.29, 0.717) is 6.61 Å². The SMILES string of the molecule is CCOc1ccc(C=CCCSC(C)=O)cc1. The quantitative estimate of drug-likeness (QED) is 0.719. The number of carbonyl (C=O) groups is 1. The Labute approximate surface area is 107 Å². The van der Waals surface area contributed by atoms with Gasteiger partial charge in [0.1, 0.15) is 5.75 Å². The number of hydrogen-bond acceptors (Lipinski definition) is 3. The van der Waals surface area contributed by atoms with Gasteiger partial charge in [0.2, 0.25) is 0 Å². The van der Waals surface area contributed by atoms with Crippen molar-refractivity contribution in [1.82, 2.24) is 0 Å². The number of carbonyl (C=O) groups excluding carboxylic acids is 1. The van der Waals surface area contributed by atoms with Crippen molar-refractivity contribution >= 4 is 23.0 Å². The second-order valence-corrected chi connectivity index (χ2v) is 4.80. The lowest BCUT2D eigenvalue weighted by atomic mass is 10.2. The first-order valence-electron chi connectivity index (χ1n) is 5.75. The minimum atomic E-state index is 0.180. The summed E-state index contributed by atoms with van der Waals surface area (Å²) in [6.07, 6.45) is 5.07. The van der Waals surface area contributed by atoms with Gasteiger partial charge in [-0.25, -0.2) is 0 Å². The van der Waals surface area contributed by atoms with Gasteiger partial charge in [-0.05, 0) is 31.0 Å². The Hall–Kier alpha value is -1.22. The molecule has 0 aliphatic rings. The van der Waals surface area contributed by atoms with Crippen LogP contribution in [0.3, 0.4) is 0 Å². The molecule has 3 heteroatoms. The number of rotatable bonds is 6. The van der Waals surface area contributed by atoms with Crippen LogP contribution in [0.25, 0.3) is 6.08 Å². The van der Waals surface area contributed by atoms with Gasteiger partial charge in [-0.3, -0.25) is 4.79 Å². The fourth-order valence-electron chi connectivity index (χ4n) is 1.33. The van der Waals surface area contributed by atoms with Crippen LogP contribution in [0.5, 0.6) is 5.75 Å². The Balaban J connectivity index is 2.35. The third kappa shape index (κ3) is 6.17. The molecule has 0 N–H and O–H groups in total. The molecule has 0 radical (unpaired) electrons. The molecule has 0 aromatic heterocycles. The molecule has 92 valence electrons. The Bertz CT molecular complexity index is 368. The van der Waals surface area contributed by atoms with Crippen molar-refractivity contribution in [2.75, 3.05) is 12.4 Å². The molecule has 1 rings (SSSR count). The standard InChI is InChI=1S/C14H18O2S/c1-3-16-14-9-7-13(8-10-14)6-4-5-11-17-12(2)15/h4,6-10H,3,5,11H2,1-2H3. The number of ether oxygens (including phenoxy) is 1. The van der Waals surface area contributed by atoms with Crippen molar-refractivity contribution in [2.45, 2.75) is 20.3 Å². The smallest absolute Gasteiger partial charge is 0.185 e. The van der Waals surface area contributed by atoms with Gasteiger partial charge < -0.3 is 4.74 Å². The van der Waals surface area contributed by atoms with Crippen LogP contribution in [-0.2, 0) is 4.79 Å². The maximum absolute atomic E-state index is 10.7. The summed E-state index contributed by atoms with van der Waals surface area (Å²) in [4.78, 5) is 10.7. The van der Waals surface area contributed by atoms with Gasteiger partial charge in [0.15, 0.2) is 5.12 Å². The summed E-state index contributed by atoms with van der Waals surface area (Å²) in [7, 11) is 0. The van der Waals surface area contributed by atoms with Crippen molar-refractivity contribution in [3.05, 3.63) is 35.9 Å². The third-order valence-electron chi connectivity index (χ3n) is 2.09. The van der Waals surface area contributed by atoms with Crippen molar-refractivity contribution < 1.29 is 9.53 Å². The largest absolute Gasteiger partial charge is 0.494 e. The van der Waals surface area contributed by atoms with Gasteiger partial charge in [-0.15, -0.1) is 0 Å². The lowest BCUT2D eigenvalue weighted by Gasteiger charge is -2.02. The topological polar surface area (TPSA) is 26.3 Å². The van der Waals surface area contributed by atoms with Crippen molar-refractivity contribution in [2.24, 2.45) is 0 Å². The molecule has 1 aromatic rings. The first-order valence-corrected chi connectivity index (χ1v) is 6.73. The average Bonchev–Trinajstić information content (AvgIpc) is 2.31. The highest BCUT2D eigenvalue weighted by Crippen LogP contribution is 2.13. The van der Waals surface area contributed by atoms with Crippen LogP contribution in [0.4, 0.5) is 0 Å². The van der Waals surface area contributed by atoms with Crippen LogP contribution < -0.4 is 4.74 Å². The second kappa shape index (κ2) is 7.96. The normalized spacial score (nSPS) is 10.7. The summed E-state index contributed by atoms with van der Waals surface area (Å²) in [6.45, 7) is 4.26. The summed E-state index contributed by atoms with van der Waals surface area (Å²) in [5, 5.41) is 0.180. The highest BCUT2D eigenvalue weighted by atomic mass is 32.2. The van der Waals surface area contributed by atoms with Crippen LogP contribution in [0.15, 0.2) is 30.3 Å². The van der Waals surface area contributed by atoms with Gasteiger partial charge in [0.05, 0.1) is 6.61 Å². The van der Waals surface area contributed by atoms with Crippen LogP contribution in [-0.4, -0.2) is 17.5 Å². The zero-order valence-electron chi connectivity index (χ0n) is 10.3. The molecular formula is C14H18O2S. The maximum Gasteiger partial charge on any atom is 0.185 e. The second-order valence-electron chi connectivity index (χ2n) is 3.53. The van der Waals surface area contributed by atoms with E-state index in [1.54, 1.807) is 6.92 Å². The van der Waals surface area contributed by atoms with Crippen LogP contribution in [0, 0.1) is 0 Å². The zero-order chi connectivity index (χ0) is 12.5.